The van der Waals surface area contributed by atoms with E-state index in [1.54, 1.807) is 6.92 Å². The van der Waals surface area contributed by atoms with Gasteiger partial charge in [0.05, 0.1) is 0 Å². The molecule has 0 aliphatic carbocycles. The number of hydrogen-bond acceptors (Lipinski definition) is 4. The topological polar surface area (TPSA) is 104 Å². The third kappa shape index (κ3) is 5.59. The van der Waals surface area contributed by atoms with Gasteiger partial charge in [0.2, 0.25) is 5.91 Å². The van der Waals surface area contributed by atoms with Crippen molar-refractivity contribution in [2.75, 3.05) is 5.75 Å². The lowest BCUT2D eigenvalue weighted by atomic mass is 10.1. The molecule has 7 heteroatoms. The van der Waals surface area contributed by atoms with Gasteiger partial charge in [0.15, 0.2) is 0 Å². The summed E-state index contributed by atoms with van der Waals surface area (Å²) in [6.07, 6.45) is -0.428. The zero-order valence-electron chi connectivity index (χ0n) is 8.84. The van der Waals surface area contributed by atoms with Gasteiger partial charge in [-0.1, -0.05) is 6.92 Å². The van der Waals surface area contributed by atoms with Crippen LogP contribution >= 0.6 is 12.6 Å². The molecule has 0 aliphatic heterocycles. The highest BCUT2D eigenvalue weighted by Crippen LogP contribution is 2.02. The van der Waals surface area contributed by atoms with Crippen molar-refractivity contribution < 1.29 is 24.6 Å². The number of carbonyl (C=O) groups is 3. The smallest absolute Gasteiger partial charge is 0.326 e. The van der Waals surface area contributed by atoms with Gasteiger partial charge in [-0.25, -0.2) is 4.79 Å². The van der Waals surface area contributed by atoms with Crippen molar-refractivity contribution in [1.82, 2.24) is 5.32 Å². The Hall–Kier alpha value is -1.24. The van der Waals surface area contributed by atoms with Crippen molar-refractivity contribution in [3.63, 3.8) is 0 Å². The lowest BCUT2D eigenvalue weighted by molar-refractivity contribution is -0.143. The van der Waals surface area contributed by atoms with Crippen LogP contribution in [0.4, 0.5) is 0 Å². The molecule has 3 N–H and O–H groups in total. The summed E-state index contributed by atoms with van der Waals surface area (Å²) in [6, 6.07) is -1.16. The molecule has 0 fully saturated rings. The summed E-state index contributed by atoms with van der Waals surface area (Å²) in [5, 5.41) is 19.5. The molecule has 0 aliphatic rings. The van der Waals surface area contributed by atoms with Crippen LogP contribution in [0.15, 0.2) is 0 Å². The summed E-state index contributed by atoms with van der Waals surface area (Å²) in [6.45, 7) is 1.61. The van der Waals surface area contributed by atoms with E-state index in [0.29, 0.717) is 5.75 Å². The molecular formula is C9H15NO5S. The van der Waals surface area contributed by atoms with Gasteiger partial charge in [-0.15, -0.1) is 0 Å². The van der Waals surface area contributed by atoms with Gasteiger partial charge in [-0.2, -0.15) is 12.6 Å². The molecule has 0 rings (SSSR count). The van der Waals surface area contributed by atoms with Crippen molar-refractivity contribution in [2.24, 2.45) is 5.92 Å². The highest BCUT2D eigenvalue weighted by atomic mass is 32.1. The fourth-order valence-corrected chi connectivity index (χ4v) is 1.09. The molecule has 16 heavy (non-hydrogen) atoms. The van der Waals surface area contributed by atoms with Gasteiger partial charge in [-0.05, 0) is 6.42 Å². The Labute approximate surface area is 98.4 Å². The predicted molar refractivity (Wildman–Crippen MR) is 59.5 cm³/mol. The van der Waals surface area contributed by atoms with Gasteiger partial charge in [0.25, 0.3) is 0 Å². The summed E-state index contributed by atoms with van der Waals surface area (Å²) >= 11 is 3.91. The van der Waals surface area contributed by atoms with E-state index in [-0.39, 0.29) is 12.8 Å². The Morgan fingerprint density at radius 3 is 2.25 bits per heavy atom. The number of thiol groups is 1. The Kier molecular flexibility index (Phi) is 6.55. The first-order valence-electron chi connectivity index (χ1n) is 4.74. The maximum atomic E-state index is 11.4. The molecular weight excluding hydrogens is 234 g/mol. The number of rotatable bonds is 7. The summed E-state index contributed by atoms with van der Waals surface area (Å²) < 4.78 is 0. The molecule has 2 unspecified atom stereocenters. The van der Waals surface area contributed by atoms with E-state index in [1.807, 2.05) is 0 Å². The fourth-order valence-electron chi connectivity index (χ4n) is 0.922. The molecule has 0 aromatic carbocycles. The third-order valence-electron chi connectivity index (χ3n) is 1.98. The minimum absolute atomic E-state index is 0.129. The van der Waals surface area contributed by atoms with E-state index >= 15 is 0 Å². The number of nitrogens with one attached hydrogen (secondary N) is 1. The van der Waals surface area contributed by atoms with Crippen LogP contribution in [0.5, 0.6) is 0 Å². The van der Waals surface area contributed by atoms with Crippen molar-refractivity contribution in [1.29, 1.82) is 0 Å². The normalized spacial score (nSPS) is 13.9. The second-order valence-electron chi connectivity index (χ2n) is 3.42. The van der Waals surface area contributed by atoms with Crippen LogP contribution in [-0.2, 0) is 14.4 Å². The van der Waals surface area contributed by atoms with E-state index in [4.69, 9.17) is 10.2 Å². The van der Waals surface area contributed by atoms with E-state index in [0.717, 1.165) is 0 Å². The minimum atomic E-state index is -1.24. The molecule has 0 aromatic heterocycles. The van der Waals surface area contributed by atoms with E-state index in [2.05, 4.69) is 17.9 Å². The maximum absolute atomic E-state index is 11.4. The molecule has 1 amide bonds. The van der Waals surface area contributed by atoms with E-state index < -0.39 is 29.8 Å². The Bertz CT molecular complexity index is 281. The summed E-state index contributed by atoms with van der Waals surface area (Å²) in [5.74, 6) is -2.87. The predicted octanol–water partition coefficient (Wildman–Crippen LogP) is -0.0135. The number of hydrogen-bond donors (Lipinski definition) is 4. The van der Waals surface area contributed by atoms with Crippen molar-refractivity contribution in [2.45, 2.75) is 25.8 Å². The average Bonchev–Trinajstić information content (AvgIpc) is 2.21. The highest BCUT2D eigenvalue weighted by Gasteiger charge is 2.22. The zero-order chi connectivity index (χ0) is 12.7. The van der Waals surface area contributed by atoms with Gasteiger partial charge in [0, 0.05) is 18.1 Å². The van der Waals surface area contributed by atoms with Gasteiger partial charge < -0.3 is 15.5 Å². The molecule has 92 valence electrons. The van der Waals surface area contributed by atoms with Gasteiger partial charge in [0.1, 0.15) is 6.04 Å². The van der Waals surface area contributed by atoms with Crippen LogP contribution < -0.4 is 5.32 Å². The molecule has 6 nitrogen and oxygen atoms in total. The quantitative estimate of drug-likeness (QED) is 0.475. The van der Waals surface area contributed by atoms with E-state index in [1.165, 1.54) is 0 Å². The van der Waals surface area contributed by atoms with Crippen LogP contribution in [0.25, 0.3) is 0 Å². The standard InChI is InChI=1S/C9H15NO5S/c1-5(4-16)8(13)10-6(9(14)15)2-3-7(11)12/h5-6,16H,2-4H2,1H3,(H,10,13)(H,11,12)(H,14,15). The Morgan fingerprint density at radius 2 is 1.88 bits per heavy atom. The van der Waals surface area contributed by atoms with Crippen molar-refractivity contribution in [3.8, 4) is 0 Å². The number of carboxylic acids is 2. The van der Waals surface area contributed by atoms with E-state index in [9.17, 15) is 14.4 Å². The second kappa shape index (κ2) is 7.10. The molecule has 0 spiro atoms. The molecule has 0 heterocycles. The molecule has 0 bridgehead atoms. The van der Waals surface area contributed by atoms with Crippen LogP contribution in [0.1, 0.15) is 19.8 Å². The number of carbonyl (C=O) groups excluding carboxylic acids is 1. The van der Waals surface area contributed by atoms with Crippen LogP contribution in [0.3, 0.4) is 0 Å². The molecule has 0 saturated carbocycles. The maximum Gasteiger partial charge on any atom is 0.326 e. The largest absolute Gasteiger partial charge is 0.481 e. The summed E-state index contributed by atoms with van der Waals surface area (Å²) in [4.78, 5) is 32.4. The van der Waals surface area contributed by atoms with Gasteiger partial charge in [-0.3, -0.25) is 9.59 Å². The Morgan fingerprint density at radius 1 is 1.31 bits per heavy atom. The lowest BCUT2D eigenvalue weighted by Gasteiger charge is -2.15. The summed E-state index contributed by atoms with van der Waals surface area (Å²) in [7, 11) is 0. The fraction of sp³-hybridized carbons (Fsp3) is 0.667. The summed E-state index contributed by atoms with van der Waals surface area (Å²) in [5.41, 5.74) is 0. The molecule has 0 saturated heterocycles. The highest BCUT2D eigenvalue weighted by molar-refractivity contribution is 7.80. The Balaban J connectivity index is 4.28. The lowest BCUT2D eigenvalue weighted by Crippen LogP contribution is -2.43. The first-order valence-corrected chi connectivity index (χ1v) is 5.37. The monoisotopic (exact) mass is 249 g/mol. The van der Waals surface area contributed by atoms with Gasteiger partial charge >= 0.3 is 11.9 Å². The van der Waals surface area contributed by atoms with Crippen LogP contribution in [-0.4, -0.2) is 39.9 Å². The molecule has 0 aromatic rings. The number of carboxylic acid groups (broad SMARTS) is 2. The minimum Gasteiger partial charge on any atom is -0.481 e. The third-order valence-corrected chi connectivity index (χ3v) is 2.53. The average molecular weight is 249 g/mol. The number of aliphatic carboxylic acids is 2. The first-order chi connectivity index (χ1) is 7.38. The van der Waals surface area contributed by atoms with Crippen LogP contribution in [0.2, 0.25) is 0 Å². The molecule has 0 radical (unpaired) electrons. The van der Waals surface area contributed by atoms with Crippen LogP contribution in [0, 0.1) is 5.92 Å². The number of amides is 1. The van der Waals surface area contributed by atoms with Crippen molar-refractivity contribution >= 4 is 30.5 Å². The first kappa shape index (κ1) is 14.8. The zero-order valence-corrected chi connectivity index (χ0v) is 9.74. The second-order valence-corrected chi connectivity index (χ2v) is 3.78. The SMILES string of the molecule is CC(CS)C(=O)NC(CCC(=O)O)C(=O)O. The van der Waals surface area contributed by atoms with Crippen molar-refractivity contribution in [3.05, 3.63) is 0 Å². The molecule has 2 atom stereocenters.